The Bertz CT molecular complexity index is 3600. The number of rotatable bonds is 3. The molecule has 2 heterocycles. The molecule has 2 aromatic heterocycles. The van der Waals surface area contributed by atoms with E-state index < -0.39 is 0 Å². The van der Waals surface area contributed by atoms with E-state index in [1.165, 1.54) is 131 Å². The zero-order valence-corrected chi connectivity index (χ0v) is 32.4. The molecule has 0 aliphatic heterocycles. The van der Waals surface area contributed by atoms with E-state index in [9.17, 15) is 0 Å². The molecule has 0 bridgehead atoms. The van der Waals surface area contributed by atoms with E-state index >= 15 is 0 Å². The summed E-state index contributed by atoms with van der Waals surface area (Å²) in [6.07, 6.45) is 3.82. The Labute approximate surface area is 345 Å². The van der Waals surface area contributed by atoms with Crippen LogP contribution >= 0.6 is 0 Å². The highest BCUT2D eigenvalue weighted by Gasteiger charge is 2.26. The number of benzene rings is 10. The first kappa shape index (κ1) is 32.1. The highest BCUT2D eigenvalue weighted by molar-refractivity contribution is 6.30. The average molecular weight is 757 g/mol. The number of fused-ring (bicyclic) bond motifs is 14. The second-order valence-electron chi connectivity index (χ2n) is 16.4. The molecular formula is C58H32N2. The van der Waals surface area contributed by atoms with Crippen LogP contribution in [-0.4, -0.2) is 9.97 Å². The van der Waals surface area contributed by atoms with Gasteiger partial charge in [-0.15, -0.1) is 0 Å². The zero-order valence-electron chi connectivity index (χ0n) is 32.4. The Morgan fingerprint density at radius 3 is 1.02 bits per heavy atom. The van der Waals surface area contributed by atoms with Crippen molar-refractivity contribution >= 4 is 64.6 Å². The summed E-state index contributed by atoms with van der Waals surface area (Å²) in [5.41, 5.74) is 16.9. The van der Waals surface area contributed by atoms with Crippen LogP contribution in [0.4, 0.5) is 0 Å². The summed E-state index contributed by atoms with van der Waals surface area (Å²) in [5.74, 6) is 0. The van der Waals surface area contributed by atoms with Gasteiger partial charge < -0.3 is 0 Å². The first-order chi connectivity index (χ1) is 29.8. The maximum Gasteiger partial charge on any atom is 0.0787 e. The lowest BCUT2D eigenvalue weighted by Crippen LogP contribution is -1.89. The standard InChI is InChI=1S/C58H32N2/c1-3-11-39-37(9-1)47(29-51-43-15-5-13-41-45-17-7-27-59-57(45)53(55(41)43)31-49(39)51)35-23-19-33(20-24-35)34-21-25-36(26-22-34)48-30-52-44-16-6-14-42-46-18-8-28-60-58(46)54(56(42)44)32-50(52)40-12-4-2-10-38(40)48/h1-32H. The van der Waals surface area contributed by atoms with E-state index in [0.717, 1.165) is 11.4 Å². The lowest BCUT2D eigenvalue weighted by atomic mass is 9.88. The summed E-state index contributed by atoms with van der Waals surface area (Å²) in [6.45, 7) is 0. The van der Waals surface area contributed by atoms with Crippen LogP contribution in [0.3, 0.4) is 0 Å². The van der Waals surface area contributed by atoms with Crippen LogP contribution in [0.15, 0.2) is 194 Å². The van der Waals surface area contributed by atoms with Crippen LogP contribution in [0.2, 0.25) is 0 Å². The molecule has 0 amide bonds. The van der Waals surface area contributed by atoms with Gasteiger partial charge in [0.15, 0.2) is 0 Å². The molecule has 0 radical (unpaired) electrons. The second-order valence-corrected chi connectivity index (χ2v) is 16.4. The number of nitrogens with zero attached hydrogens (tertiary/aromatic N) is 2. The van der Waals surface area contributed by atoms with E-state index in [4.69, 9.17) is 9.97 Å². The molecule has 2 nitrogen and oxygen atoms in total. The van der Waals surface area contributed by atoms with E-state index in [2.05, 4.69) is 170 Å². The molecule has 14 rings (SSSR count). The molecule has 2 heteroatoms. The van der Waals surface area contributed by atoms with Crippen molar-refractivity contribution in [2.75, 3.05) is 0 Å². The molecule has 0 N–H and O–H groups in total. The van der Waals surface area contributed by atoms with Crippen LogP contribution < -0.4 is 0 Å². The van der Waals surface area contributed by atoms with Gasteiger partial charge in [0, 0.05) is 34.6 Å². The minimum Gasteiger partial charge on any atom is -0.256 e. The van der Waals surface area contributed by atoms with Crippen LogP contribution in [0, 0.1) is 0 Å². The summed E-state index contributed by atoms with van der Waals surface area (Å²) in [6, 6.07) is 67.5. The predicted molar refractivity (Wildman–Crippen MR) is 252 cm³/mol. The van der Waals surface area contributed by atoms with Crippen molar-refractivity contribution in [2.45, 2.75) is 0 Å². The fourth-order valence-corrected chi connectivity index (χ4v) is 10.8. The van der Waals surface area contributed by atoms with Gasteiger partial charge in [0.05, 0.1) is 11.4 Å². The Morgan fingerprint density at radius 1 is 0.217 bits per heavy atom. The first-order valence-corrected chi connectivity index (χ1v) is 20.7. The van der Waals surface area contributed by atoms with Gasteiger partial charge in [-0.2, -0.15) is 0 Å². The van der Waals surface area contributed by atoms with Gasteiger partial charge in [0.2, 0.25) is 0 Å². The van der Waals surface area contributed by atoms with Gasteiger partial charge in [-0.1, -0.05) is 146 Å². The molecule has 0 saturated heterocycles. The largest absolute Gasteiger partial charge is 0.256 e. The summed E-state index contributed by atoms with van der Waals surface area (Å²) < 4.78 is 0. The number of hydrogen-bond donors (Lipinski definition) is 0. The molecule has 2 aliphatic carbocycles. The van der Waals surface area contributed by atoms with E-state index in [-0.39, 0.29) is 0 Å². The Morgan fingerprint density at radius 2 is 0.567 bits per heavy atom. The lowest BCUT2D eigenvalue weighted by Gasteiger charge is -2.15. The SMILES string of the molecule is c1cnc2c(c1)-c1cccc3c1c-2cc1c2ccccc2c(-c2ccc(-c4ccc(-c5cc6c7cccc8c7c(cc6c6ccccc56)-c5ncccc5-8)cc4)cc2)cc31. The van der Waals surface area contributed by atoms with E-state index in [0.29, 0.717) is 0 Å². The Kier molecular flexibility index (Phi) is 6.32. The summed E-state index contributed by atoms with van der Waals surface area (Å²) in [4.78, 5) is 9.70. The minimum absolute atomic E-state index is 1.08. The van der Waals surface area contributed by atoms with Gasteiger partial charge >= 0.3 is 0 Å². The molecule has 274 valence electrons. The first-order valence-electron chi connectivity index (χ1n) is 20.7. The molecular weight excluding hydrogens is 725 g/mol. The van der Waals surface area contributed by atoms with E-state index in [1.54, 1.807) is 0 Å². The monoisotopic (exact) mass is 756 g/mol. The molecule has 60 heavy (non-hydrogen) atoms. The smallest absolute Gasteiger partial charge is 0.0787 e. The minimum atomic E-state index is 1.08. The summed E-state index contributed by atoms with van der Waals surface area (Å²) in [5, 5.41) is 15.3. The zero-order chi connectivity index (χ0) is 39.1. The third-order valence-electron chi connectivity index (χ3n) is 13.4. The van der Waals surface area contributed by atoms with Crippen molar-refractivity contribution in [3.05, 3.63) is 194 Å². The quantitative estimate of drug-likeness (QED) is 0.168. The van der Waals surface area contributed by atoms with Crippen LogP contribution in [0.1, 0.15) is 0 Å². The number of pyridine rings is 2. The Balaban J connectivity index is 0.871. The summed E-state index contributed by atoms with van der Waals surface area (Å²) in [7, 11) is 0. The fraction of sp³-hybridized carbons (Fsp3) is 0. The molecule has 0 fully saturated rings. The van der Waals surface area contributed by atoms with Gasteiger partial charge in [-0.25, -0.2) is 0 Å². The molecule has 12 aromatic rings. The molecule has 0 unspecified atom stereocenters. The third kappa shape index (κ3) is 4.27. The second kappa shape index (κ2) is 11.8. The molecule has 10 aromatic carbocycles. The van der Waals surface area contributed by atoms with Gasteiger partial charge in [-0.3, -0.25) is 9.97 Å². The van der Waals surface area contributed by atoms with Crippen molar-refractivity contribution in [3.63, 3.8) is 0 Å². The lowest BCUT2D eigenvalue weighted by molar-refractivity contribution is 1.35. The number of hydrogen-bond acceptors (Lipinski definition) is 2. The van der Waals surface area contributed by atoms with Gasteiger partial charge in [0.25, 0.3) is 0 Å². The van der Waals surface area contributed by atoms with Crippen molar-refractivity contribution in [2.24, 2.45) is 0 Å². The maximum absolute atomic E-state index is 4.85. The fourth-order valence-electron chi connectivity index (χ4n) is 10.8. The van der Waals surface area contributed by atoms with Crippen molar-refractivity contribution in [1.29, 1.82) is 0 Å². The van der Waals surface area contributed by atoms with Crippen LogP contribution in [0.25, 0.3) is 143 Å². The summed E-state index contributed by atoms with van der Waals surface area (Å²) >= 11 is 0. The Hall–Kier alpha value is -7.94. The van der Waals surface area contributed by atoms with Crippen LogP contribution in [-0.2, 0) is 0 Å². The van der Waals surface area contributed by atoms with Gasteiger partial charge in [0.1, 0.15) is 0 Å². The maximum atomic E-state index is 4.85. The molecule has 0 saturated carbocycles. The third-order valence-corrected chi connectivity index (χ3v) is 13.4. The predicted octanol–water partition coefficient (Wildman–Crippen LogP) is 15.7. The normalized spacial score (nSPS) is 12.3. The molecule has 0 atom stereocenters. The molecule has 0 spiro atoms. The van der Waals surface area contributed by atoms with Crippen molar-refractivity contribution < 1.29 is 0 Å². The van der Waals surface area contributed by atoms with Crippen molar-refractivity contribution in [1.82, 2.24) is 9.97 Å². The topological polar surface area (TPSA) is 25.8 Å². The van der Waals surface area contributed by atoms with Crippen LogP contribution in [0.5, 0.6) is 0 Å². The number of aromatic nitrogens is 2. The van der Waals surface area contributed by atoms with Crippen molar-refractivity contribution in [3.8, 4) is 78.1 Å². The highest BCUT2D eigenvalue weighted by Crippen LogP contribution is 2.52. The average Bonchev–Trinajstić information content (AvgIpc) is 3.82. The van der Waals surface area contributed by atoms with Gasteiger partial charge in [-0.05, 0) is 146 Å². The molecule has 2 aliphatic rings. The van der Waals surface area contributed by atoms with E-state index in [1.807, 2.05) is 24.5 Å². The highest BCUT2D eigenvalue weighted by atomic mass is 14.7.